The maximum Gasteiger partial charge on any atom is 0.257 e. The molecule has 0 bridgehead atoms. The summed E-state index contributed by atoms with van der Waals surface area (Å²) in [6.45, 7) is 2.94. The molecule has 22 heavy (non-hydrogen) atoms. The minimum absolute atomic E-state index is 0.113. The van der Waals surface area contributed by atoms with Gasteiger partial charge >= 0.3 is 0 Å². The van der Waals surface area contributed by atoms with Crippen LogP contribution in [0.5, 0.6) is 11.5 Å². The molecule has 1 saturated heterocycles. The lowest BCUT2D eigenvalue weighted by Crippen LogP contribution is -2.41. The molecule has 0 spiro atoms. The Kier molecular flexibility index (Phi) is 4.90. The van der Waals surface area contributed by atoms with E-state index < -0.39 is 0 Å². The highest BCUT2D eigenvalue weighted by atomic mass is 16.5. The van der Waals surface area contributed by atoms with Gasteiger partial charge in [0.05, 0.1) is 19.8 Å². The van der Waals surface area contributed by atoms with E-state index in [-0.39, 0.29) is 17.7 Å². The van der Waals surface area contributed by atoms with Gasteiger partial charge < -0.3 is 20.1 Å². The zero-order valence-corrected chi connectivity index (χ0v) is 13.2. The van der Waals surface area contributed by atoms with Crippen LogP contribution in [-0.2, 0) is 4.79 Å². The minimum atomic E-state index is -0.290. The smallest absolute Gasteiger partial charge is 0.257 e. The highest BCUT2D eigenvalue weighted by molar-refractivity contribution is 5.97. The number of primary amides is 1. The fourth-order valence-electron chi connectivity index (χ4n) is 2.75. The zero-order valence-electron chi connectivity index (χ0n) is 13.2. The maximum atomic E-state index is 12.7. The van der Waals surface area contributed by atoms with Gasteiger partial charge in [0.15, 0.2) is 0 Å². The van der Waals surface area contributed by atoms with Gasteiger partial charge in [-0.2, -0.15) is 0 Å². The molecule has 2 N–H and O–H groups in total. The van der Waals surface area contributed by atoms with Crippen LogP contribution in [0.1, 0.15) is 28.8 Å². The minimum Gasteiger partial charge on any atom is -0.496 e. The number of nitrogens with two attached hydrogens (primary N) is 1. The standard InChI is InChI=1S/C16H22N2O4/c1-10-8-14(22-3)12(9-13(10)21-2)16(20)18-6-4-11(5-7-18)15(17)19/h8-9,11H,4-7H2,1-3H3,(H2,17,19). The van der Waals surface area contributed by atoms with Crippen LogP contribution in [0.25, 0.3) is 0 Å². The van der Waals surface area contributed by atoms with Crippen LogP contribution in [0.2, 0.25) is 0 Å². The molecular formula is C16H22N2O4. The third kappa shape index (κ3) is 3.16. The van der Waals surface area contributed by atoms with Crippen LogP contribution in [0, 0.1) is 12.8 Å². The van der Waals surface area contributed by atoms with Crippen LogP contribution in [0.3, 0.4) is 0 Å². The van der Waals surface area contributed by atoms with E-state index >= 15 is 0 Å². The Bertz CT molecular complexity index is 578. The number of carbonyl (C=O) groups excluding carboxylic acids is 2. The molecule has 2 amide bonds. The van der Waals surface area contributed by atoms with Crippen molar-refractivity contribution in [2.24, 2.45) is 11.7 Å². The summed E-state index contributed by atoms with van der Waals surface area (Å²) in [6.07, 6.45) is 1.21. The number of piperidine rings is 1. The third-order valence-electron chi connectivity index (χ3n) is 4.13. The summed E-state index contributed by atoms with van der Waals surface area (Å²) in [4.78, 5) is 25.6. The number of nitrogens with zero attached hydrogens (tertiary/aromatic N) is 1. The van der Waals surface area contributed by atoms with Crippen LogP contribution in [0.15, 0.2) is 12.1 Å². The van der Waals surface area contributed by atoms with Crippen molar-refractivity contribution in [1.29, 1.82) is 0 Å². The molecule has 0 saturated carbocycles. The van der Waals surface area contributed by atoms with Crippen molar-refractivity contribution in [3.05, 3.63) is 23.3 Å². The summed E-state index contributed by atoms with van der Waals surface area (Å²) >= 11 is 0. The van der Waals surface area contributed by atoms with Crippen molar-refractivity contribution >= 4 is 11.8 Å². The quantitative estimate of drug-likeness (QED) is 0.910. The first-order chi connectivity index (χ1) is 10.5. The molecule has 0 aliphatic carbocycles. The summed E-state index contributed by atoms with van der Waals surface area (Å²) in [5.41, 5.74) is 6.70. The first-order valence-corrected chi connectivity index (χ1v) is 7.29. The molecule has 1 aliphatic rings. The molecule has 0 unspecified atom stereocenters. The van der Waals surface area contributed by atoms with Gasteiger partial charge in [-0.05, 0) is 37.5 Å². The number of benzene rings is 1. The zero-order chi connectivity index (χ0) is 16.3. The number of hydrogen-bond acceptors (Lipinski definition) is 4. The van der Waals surface area contributed by atoms with Gasteiger partial charge in [-0.25, -0.2) is 0 Å². The van der Waals surface area contributed by atoms with Crippen LogP contribution < -0.4 is 15.2 Å². The van der Waals surface area contributed by atoms with Gasteiger partial charge in [-0.3, -0.25) is 9.59 Å². The molecule has 0 atom stereocenters. The third-order valence-corrected chi connectivity index (χ3v) is 4.13. The van der Waals surface area contributed by atoms with Crippen LogP contribution in [0.4, 0.5) is 0 Å². The van der Waals surface area contributed by atoms with E-state index in [1.165, 1.54) is 7.11 Å². The average Bonchev–Trinajstić information content (AvgIpc) is 2.53. The highest BCUT2D eigenvalue weighted by Crippen LogP contribution is 2.30. The van der Waals surface area contributed by atoms with E-state index in [4.69, 9.17) is 15.2 Å². The van der Waals surface area contributed by atoms with Gasteiger partial charge in [0, 0.05) is 19.0 Å². The molecule has 1 fully saturated rings. The number of amides is 2. The lowest BCUT2D eigenvalue weighted by atomic mass is 9.95. The van der Waals surface area contributed by atoms with Gasteiger partial charge in [-0.1, -0.05) is 0 Å². The second-order valence-electron chi connectivity index (χ2n) is 5.49. The Balaban J connectivity index is 2.21. The number of aryl methyl sites for hydroxylation is 1. The predicted molar refractivity (Wildman–Crippen MR) is 82.1 cm³/mol. The lowest BCUT2D eigenvalue weighted by Gasteiger charge is -2.31. The van der Waals surface area contributed by atoms with Crippen LogP contribution >= 0.6 is 0 Å². The highest BCUT2D eigenvalue weighted by Gasteiger charge is 2.28. The first kappa shape index (κ1) is 16.1. The molecular weight excluding hydrogens is 284 g/mol. The monoisotopic (exact) mass is 306 g/mol. The molecule has 1 aromatic carbocycles. The predicted octanol–water partition coefficient (Wildman–Crippen LogP) is 1.35. The fraction of sp³-hybridized carbons (Fsp3) is 0.500. The summed E-state index contributed by atoms with van der Waals surface area (Å²) in [5, 5.41) is 0. The second kappa shape index (κ2) is 6.68. The van der Waals surface area contributed by atoms with E-state index in [1.54, 1.807) is 24.1 Å². The summed E-state index contributed by atoms with van der Waals surface area (Å²) in [5.74, 6) is 0.634. The molecule has 1 heterocycles. The van der Waals surface area contributed by atoms with Gasteiger partial charge in [0.2, 0.25) is 5.91 Å². The Labute approximate surface area is 130 Å². The summed E-state index contributed by atoms with van der Waals surface area (Å²) in [7, 11) is 3.11. The molecule has 6 heteroatoms. The molecule has 1 aromatic rings. The average molecular weight is 306 g/mol. The molecule has 0 aromatic heterocycles. The Morgan fingerprint density at radius 3 is 2.23 bits per heavy atom. The summed E-state index contributed by atoms with van der Waals surface area (Å²) in [6, 6.07) is 3.50. The molecule has 1 aliphatic heterocycles. The van der Waals surface area contributed by atoms with Gasteiger partial charge in [0.1, 0.15) is 11.5 Å². The Hall–Kier alpha value is -2.24. The van der Waals surface area contributed by atoms with Gasteiger partial charge in [-0.15, -0.1) is 0 Å². The van der Waals surface area contributed by atoms with Crippen molar-refractivity contribution in [3.63, 3.8) is 0 Å². The topological polar surface area (TPSA) is 81.9 Å². The Morgan fingerprint density at radius 2 is 1.73 bits per heavy atom. The van der Waals surface area contributed by atoms with E-state index in [0.717, 1.165) is 5.56 Å². The molecule has 120 valence electrons. The van der Waals surface area contributed by atoms with Crippen molar-refractivity contribution in [1.82, 2.24) is 4.90 Å². The number of carbonyl (C=O) groups is 2. The maximum absolute atomic E-state index is 12.7. The largest absolute Gasteiger partial charge is 0.496 e. The van der Waals surface area contributed by atoms with Gasteiger partial charge in [0.25, 0.3) is 5.91 Å². The number of hydrogen-bond donors (Lipinski definition) is 1. The number of ether oxygens (including phenoxy) is 2. The summed E-state index contributed by atoms with van der Waals surface area (Å²) < 4.78 is 10.6. The van der Waals surface area contributed by atoms with E-state index in [9.17, 15) is 9.59 Å². The molecule has 0 radical (unpaired) electrons. The van der Waals surface area contributed by atoms with E-state index in [1.807, 2.05) is 6.92 Å². The first-order valence-electron chi connectivity index (χ1n) is 7.29. The number of rotatable bonds is 4. The normalized spacial score (nSPS) is 15.5. The van der Waals surface area contributed by atoms with Crippen molar-refractivity contribution in [3.8, 4) is 11.5 Å². The van der Waals surface area contributed by atoms with Crippen molar-refractivity contribution in [2.75, 3.05) is 27.3 Å². The van der Waals surface area contributed by atoms with Crippen molar-refractivity contribution < 1.29 is 19.1 Å². The molecule has 2 rings (SSSR count). The Morgan fingerprint density at radius 1 is 1.14 bits per heavy atom. The van der Waals surface area contributed by atoms with E-state index in [0.29, 0.717) is 43.0 Å². The second-order valence-corrected chi connectivity index (χ2v) is 5.49. The fourth-order valence-corrected chi connectivity index (χ4v) is 2.75. The molecule has 6 nitrogen and oxygen atoms in total. The SMILES string of the molecule is COc1cc(C(=O)N2CCC(C(N)=O)CC2)c(OC)cc1C. The number of likely N-dealkylation sites (tertiary alicyclic amines) is 1. The van der Waals surface area contributed by atoms with E-state index in [2.05, 4.69) is 0 Å². The van der Waals surface area contributed by atoms with Crippen LogP contribution in [-0.4, -0.2) is 44.0 Å². The lowest BCUT2D eigenvalue weighted by molar-refractivity contribution is -0.123. The van der Waals surface area contributed by atoms with Crippen molar-refractivity contribution in [2.45, 2.75) is 19.8 Å². The number of methoxy groups -OCH3 is 2.